The van der Waals surface area contributed by atoms with E-state index in [4.69, 9.17) is 10.5 Å². The maximum atomic E-state index is 12.0. The summed E-state index contributed by atoms with van der Waals surface area (Å²) in [5, 5.41) is 0. The highest BCUT2D eigenvalue weighted by Crippen LogP contribution is 2.47. The van der Waals surface area contributed by atoms with E-state index in [1.165, 1.54) is 0 Å². The van der Waals surface area contributed by atoms with Crippen molar-refractivity contribution >= 4 is 6.09 Å². The van der Waals surface area contributed by atoms with Gasteiger partial charge < -0.3 is 15.4 Å². The van der Waals surface area contributed by atoms with Crippen molar-refractivity contribution in [2.75, 3.05) is 13.1 Å². The number of rotatable bonds is 0. The molecule has 1 saturated heterocycles. The number of ether oxygens (including phenoxy) is 1. The summed E-state index contributed by atoms with van der Waals surface area (Å²) in [6.45, 7) is 9.55. The fourth-order valence-corrected chi connectivity index (χ4v) is 3.22. The van der Waals surface area contributed by atoms with E-state index in [1.54, 1.807) is 0 Å². The van der Waals surface area contributed by atoms with Gasteiger partial charge in [0, 0.05) is 19.1 Å². The van der Waals surface area contributed by atoms with Crippen molar-refractivity contribution in [3.8, 4) is 0 Å². The lowest BCUT2D eigenvalue weighted by molar-refractivity contribution is 0.0269. The molecule has 4 nitrogen and oxygen atoms in total. The Bertz CT molecular complexity index is 324. The summed E-state index contributed by atoms with van der Waals surface area (Å²) >= 11 is 0. The first-order chi connectivity index (χ1) is 7.70. The van der Waals surface area contributed by atoms with Gasteiger partial charge in [-0.3, -0.25) is 0 Å². The number of amides is 1. The van der Waals surface area contributed by atoms with Gasteiger partial charge in [0.1, 0.15) is 5.60 Å². The van der Waals surface area contributed by atoms with Crippen LogP contribution in [0.5, 0.6) is 0 Å². The smallest absolute Gasteiger partial charge is 0.410 e. The third-order valence-electron chi connectivity index (χ3n) is 3.95. The normalized spacial score (nSPS) is 37.1. The number of carbonyl (C=O) groups excluding carboxylic acids is 1. The standard InChI is InChI=1S/C13H24N2O2/c1-12(2,3)17-11(16)15-7-9-5-10(14)6-13(9,4)8-15/h9-10H,5-8,14H2,1-4H3/t9-,10+,13+/m0/s1. The van der Waals surface area contributed by atoms with Crippen LogP contribution in [0.15, 0.2) is 0 Å². The van der Waals surface area contributed by atoms with Crippen molar-refractivity contribution < 1.29 is 9.53 Å². The average molecular weight is 240 g/mol. The molecule has 3 atom stereocenters. The molecule has 0 bridgehead atoms. The minimum atomic E-state index is -0.411. The molecule has 2 aliphatic rings. The van der Waals surface area contributed by atoms with Gasteiger partial charge in [0.25, 0.3) is 0 Å². The van der Waals surface area contributed by atoms with E-state index in [2.05, 4.69) is 6.92 Å². The van der Waals surface area contributed by atoms with Crippen LogP contribution in [0.2, 0.25) is 0 Å². The maximum Gasteiger partial charge on any atom is 0.410 e. The molecule has 98 valence electrons. The number of hydrogen-bond donors (Lipinski definition) is 1. The largest absolute Gasteiger partial charge is 0.444 e. The van der Waals surface area contributed by atoms with E-state index in [-0.39, 0.29) is 11.5 Å². The van der Waals surface area contributed by atoms with Crippen molar-refractivity contribution in [1.29, 1.82) is 0 Å². The van der Waals surface area contributed by atoms with Gasteiger partial charge in [-0.25, -0.2) is 4.79 Å². The number of carbonyl (C=O) groups is 1. The van der Waals surface area contributed by atoms with E-state index in [0.29, 0.717) is 12.0 Å². The molecule has 2 fully saturated rings. The van der Waals surface area contributed by atoms with Crippen molar-refractivity contribution in [2.24, 2.45) is 17.1 Å². The predicted octanol–water partition coefficient (Wildman–Crippen LogP) is 1.98. The molecule has 1 aliphatic carbocycles. The number of nitrogens with zero attached hydrogens (tertiary/aromatic N) is 1. The van der Waals surface area contributed by atoms with Gasteiger partial charge in [0.2, 0.25) is 0 Å². The molecule has 1 aliphatic heterocycles. The highest BCUT2D eigenvalue weighted by atomic mass is 16.6. The van der Waals surface area contributed by atoms with Crippen molar-refractivity contribution in [3.63, 3.8) is 0 Å². The van der Waals surface area contributed by atoms with Gasteiger partial charge in [-0.15, -0.1) is 0 Å². The molecule has 0 unspecified atom stereocenters. The number of likely N-dealkylation sites (tertiary alicyclic amines) is 1. The lowest BCUT2D eigenvalue weighted by atomic mass is 9.83. The average Bonchev–Trinajstić information content (AvgIpc) is 2.51. The summed E-state index contributed by atoms with van der Waals surface area (Å²) in [7, 11) is 0. The molecule has 0 radical (unpaired) electrons. The van der Waals surface area contributed by atoms with Gasteiger partial charge in [-0.05, 0) is 44.9 Å². The van der Waals surface area contributed by atoms with Gasteiger partial charge in [-0.1, -0.05) is 6.92 Å². The molecule has 17 heavy (non-hydrogen) atoms. The number of hydrogen-bond acceptors (Lipinski definition) is 3. The Labute approximate surface area is 103 Å². The van der Waals surface area contributed by atoms with Gasteiger partial charge in [-0.2, -0.15) is 0 Å². The molecule has 2 N–H and O–H groups in total. The molecule has 2 rings (SSSR count). The third kappa shape index (κ3) is 2.57. The summed E-state index contributed by atoms with van der Waals surface area (Å²) in [5.41, 5.74) is 5.79. The summed E-state index contributed by atoms with van der Waals surface area (Å²) in [6.07, 6.45) is 1.88. The number of nitrogens with two attached hydrogens (primary N) is 1. The fraction of sp³-hybridized carbons (Fsp3) is 0.923. The zero-order valence-corrected chi connectivity index (χ0v) is 11.3. The maximum absolute atomic E-state index is 12.0. The minimum absolute atomic E-state index is 0.179. The Balaban J connectivity index is 1.98. The van der Waals surface area contributed by atoms with Crippen LogP contribution in [0.3, 0.4) is 0 Å². The third-order valence-corrected chi connectivity index (χ3v) is 3.95. The molecule has 0 spiro atoms. The second kappa shape index (κ2) is 3.87. The zero-order valence-electron chi connectivity index (χ0n) is 11.3. The Morgan fingerprint density at radius 3 is 2.65 bits per heavy atom. The van der Waals surface area contributed by atoms with Crippen LogP contribution in [0.1, 0.15) is 40.5 Å². The lowest BCUT2D eigenvalue weighted by Crippen LogP contribution is -2.37. The summed E-state index contributed by atoms with van der Waals surface area (Å²) < 4.78 is 5.41. The van der Waals surface area contributed by atoms with Crippen molar-refractivity contribution in [2.45, 2.75) is 52.2 Å². The van der Waals surface area contributed by atoms with E-state index in [1.807, 2.05) is 25.7 Å². The first kappa shape index (κ1) is 12.7. The molecule has 1 saturated carbocycles. The molecule has 0 aromatic heterocycles. The highest BCUT2D eigenvalue weighted by molar-refractivity contribution is 5.68. The van der Waals surface area contributed by atoms with E-state index < -0.39 is 5.60 Å². The highest BCUT2D eigenvalue weighted by Gasteiger charge is 2.50. The first-order valence-corrected chi connectivity index (χ1v) is 6.43. The van der Waals surface area contributed by atoms with E-state index in [0.717, 1.165) is 25.9 Å². The van der Waals surface area contributed by atoms with Crippen molar-refractivity contribution in [1.82, 2.24) is 4.90 Å². The van der Waals surface area contributed by atoms with E-state index >= 15 is 0 Å². The Hall–Kier alpha value is -0.770. The molecular formula is C13H24N2O2. The van der Waals surface area contributed by atoms with Crippen molar-refractivity contribution in [3.05, 3.63) is 0 Å². The van der Waals surface area contributed by atoms with Crippen LogP contribution in [0.25, 0.3) is 0 Å². The van der Waals surface area contributed by atoms with Crippen LogP contribution < -0.4 is 5.73 Å². The van der Waals surface area contributed by atoms with Gasteiger partial charge in [0.05, 0.1) is 0 Å². The monoisotopic (exact) mass is 240 g/mol. The first-order valence-electron chi connectivity index (χ1n) is 6.43. The van der Waals surface area contributed by atoms with Gasteiger partial charge >= 0.3 is 6.09 Å². The number of fused-ring (bicyclic) bond motifs is 1. The molecule has 1 heterocycles. The SMILES string of the molecule is CC(C)(C)OC(=O)N1C[C@@H]2C[C@@H](N)C[C@]2(C)C1. The Morgan fingerprint density at radius 1 is 1.47 bits per heavy atom. The molecular weight excluding hydrogens is 216 g/mol. The van der Waals surface area contributed by atoms with Crippen LogP contribution in [-0.4, -0.2) is 35.7 Å². The quantitative estimate of drug-likeness (QED) is 0.704. The topological polar surface area (TPSA) is 55.6 Å². The molecule has 0 aromatic rings. The molecule has 4 heteroatoms. The minimum Gasteiger partial charge on any atom is -0.444 e. The summed E-state index contributed by atoms with van der Waals surface area (Å²) in [4.78, 5) is 13.8. The summed E-state index contributed by atoms with van der Waals surface area (Å²) in [6, 6.07) is 0.311. The second-order valence-corrected chi connectivity index (χ2v) is 6.91. The Kier molecular flexibility index (Phi) is 2.89. The Morgan fingerprint density at radius 2 is 2.12 bits per heavy atom. The molecule has 1 amide bonds. The lowest BCUT2D eigenvalue weighted by Gasteiger charge is -2.26. The fourth-order valence-electron chi connectivity index (χ4n) is 3.22. The zero-order chi connectivity index (χ0) is 12.8. The van der Waals surface area contributed by atoms with Crippen LogP contribution in [0, 0.1) is 11.3 Å². The predicted molar refractivity (Wildman–Crippen MR) is 66.6 cm³/mol. The van der Waals surface area contributed by atoms with Crippen LogP contribution in [-0.2, 0) is 4.74 Å². The van der Waals surface area contributed by atoms with E-state index in [9.17, 15) is 4.79 Å². The molecule has 0 aromatic carbocycles. The second-order valence-electron chi connectivity index (χ2n) is 6.91. The van der Waals surface area contributed by atoms with Crippen LogP contribution in [0.4, 0.5) is 4.79 Å². The summed E-state index contributed by atoms with van der Waals surface area (Å²) in [5.74, 6) is 0.546. The van der Waals surface area contributed by atoms with Gasteiger partial charge in [0.15, 0.2) is 0 Å². The van der Waals surface area contributed by atoms with Crippen LogP contribution >= 0.6 is 0 Å².